The highest BCUT2D eigenvalue weighted by Crippen LogP contribution is 2.23. The summed E-state index contributed by atoms with van der Waals surface area (Å²) in [5, 5.41) is 3.07. The molecule has 0 aliphatic carbocycles. The molecule has 2 rings (SSSR count). The monoisotopic (exact) mass is 271 g/mol. The van der Waals surface area contributed by atoms with Gasteiger partial charge in [0.05, 0.1) is 0 Å². The number of rotatable bonds is 5. The lowest BCUT2D eigenvalue weighted by Crippen LogP contribution is -2.13. The number of aromatic nitrogens is 1. The lowest BCUT2D eigenvalue weighted by Gasteiger charge is -2.09. The number of nitrogens with one attached hydrogen (secondary N) is 1. The van der Waals surface area contributed by atoms with Crippen LogP contribution in [0.5, 0.6) is 11.6 Å². The number of carbonyl (C=O) groups excluding carboxylic acids is 1. The molecule has 0 atom stereocenters. The molecule has 0 aliphatic rings. The summed E-state index contributed by atoms with van der Waals surface area (Å²) in [6.07, 6.45) is 0. The minimum absolute atomic E-state index is 0.235. The fourth-order valence-corrected chi connectivity index (χ4v) is 1.79. The Morgan fingerprint density at radius 1 is 1.25 bits per heavy atom. The number of nitrogens with zero attached hydrogens (tertiary/aromatic N) is 1. The van der Waals surface area contributed by atoms with Crippen molar-refractivity contribution in [2.75, 3.05) is 7.05 Å². The quantitative estimate of drug-likeness (QED) is 0.872. The molecule has 0 fully saturated rings. The maximum absolute atomic E-state index is 11.4. The Bertz CT molecular complexity index is 609. The number of pyridine rings is 1. The van der Waals surface area contributed by atoms with Crippen molar-refractivity contribution in [2.24, 2.45) is 5.73 Å². The molecule has 20 heavy (non-hydrogen) atoms. The first-order valence-corrected chi connectivity index (χ1v) is 6.29. The summed E-state index contributed by atoms with van der Waals surface area (Å²) in [6, 6.07) is 10.9. The predicted octanol–water partition coefficient (Wildman–Crippen LogP) is 2.00. The second-order valence-corrected chi connectivity index (χ2v) is 4.45. The van der Waals surface area contributed by atoms with E-state index < -0.39 is 5.91 Å². The maximum atomic E-state index is 11.4. The summed E-state index contributed by atoms with van der Waals surface area (Å²) in [7, 11) is 1.89. The van der Waals surface area contributed by atoms with Gasteiger partial charge < -0.3 is 15.8 Å². The van der Waals surface area contributed by atoms with Crippen LogP contribution in [0, 0.1) is 6.92 Å². The van der Waals surface area contributed by atoms with Gasteiger partial charge in [-0.2, -0.15) is 0 Å². The minimum atomic E-state index is -0.556. The van der Waals surface area contributed by atoms with E-state index in [1.807, 2.05) is 38.2 Å². The number of ether oxygens (including phenoxy) is 1. The van der Waals surface area contributed by atoms with Crippen LogP contribution < -0.4 is 15.8 Å². The van der Waals surface area contributed by atoms with Gasteiger partial charge in [0.25, 0.3) is 5.91 Å². The first-order chi connectivity index (χ1) is 9.60. The number of amides is 1. The van der Waals surface area contributed by atoms with E-state index in [0.717, 1.165) is 17.8 Å². The zero-order valence-electron chi connectivity index (χ0n) is 11.5. The van der Waals surface area contributed by atoms with Gasteiger partial charge in [-0.1, -0.05) is 12.1 Å². The standard InChI is InChI=1S/C15H17N3O2/c1-10-3-8-13(14(16)19)15(18-10)20-12-6-4-11(5-7-12)9-17-2/h3-8,17H,9H2,1-2H3,(H2,16,19). The van der Waals surface area contributed by atoms with Crippen LogP contribution in [0.3, 0.4) is 0 Å². The third kappa shape index (κ3) is 3.33. The van der Waals surface area contributed by atoms with Gasteiger partial charge in [-0.3, -0.25) is 4.79 Å². The van der Waals surface area contributed by atoms with Crippen molar-refractivity contribution in [1.29, 1.82) is 0 Å². The Hall–Kier alpha value is -2.40. The van der Waals surface area contributed by atoms with Gasteiger partial charge in [-0.05, 0) is 43.8 Å². The molecule has 104 valence electrons. The SMILES string of the molecule is CNCc1ccc(Oc2nc(C)ccc2C(N)=O)cc1. The van der Waals surface area contributed by atoms with Crippen LogP contribution in [0.25, 0.3) is 0 Å². The molecule has 3 N–H and O–H groups in total. The average Bonchev–Trinajstić information content (AvgIpc) is 2.41. The van der Waals surface area contributed by atoms with Crippen LogP contribution in [0.4, 0.5) is 0 Å². The molecule has 1 heterocycles. The lowest BCUT2D eigenvalue weighted by atomic mass is 10.2. The molecule has 0 unspecified atom stereocenters. The molecule has 5 heteroatoms. The van der Waals surface area contributed by atoms with Crippen LogP contribution in [-0.4, -0.2) is 17.9 Å². The molecule has 0 aliphatic heterocycles. The number of hydrogen-bond acceptors (Lipinski definition) is 4. The molecule has 1 aromatic heterocycles. The van der Waals surface area contributed by atoms with Crippen LogP contribution in [0.1, 0.15) is 21.6 Å². The summed E-state index contributed by atoms with van der Waals surface area (Å²) < 4.78 is 5.65. The molecule has 0 bridgehead atoms. The highest BCUT2D eigenvalue weighted by molar-refractivity contribution is 5.95. The molecule has 0 saturated carbocycles. The average molecular weight is 271 g/mol. The first-order valence-electron chi connectivity index (χ1n) is 6.29. The third-order valence-corrected chi connectivity index (χ3v) is 2.78. The predicted molar refractivity (Wildman–Crippen MR) is 76.8 cm³/mol. The smallest absolute Gasteiger partial charge is 0.254 e. The Balaban J connectivity index is 2.25. The van der Waals surface area contributed by atoms with Crippen molar-refractivity contribution in [1.82, 2.24) is 10.3 Å². The van der Waals surface area contributed by atoms with Crippen molar-refractivity contribution in [2.45, 2.75) is 13.5 Å². The summed E-state index contributed by atoms with van der Waals surface area (Å²) in [5.74, 6) is 0.295. The van der Waals surface area contributed by atoms with E-state index in [0.29, 0.717) is 5.75 Å². The normalized spacial score (nSPS) is 10.3. The van der Waals surface area contributed by atoms with Crippen molar-refractivity contribution in [3.63, 3.8) is 0 Å². The summed E-state index contributed by atoms with van der Waals surface area (Å²) in [4.78, 5) is 15.6. The molecule has 0 radical (unpaired) electrons. The van der Waals surface area contributed by atoms with Crippen LogP contribution in [0.15, 0.2) is 36.4 Å². The van der Waals surface area contributed by atoms with Crippen LogP contribution >= 0.6 is 0 Å². The fourth-order valence-electron chi connectivity index (χ4n) is 1.79. The highest BCUT2D eigenvalue weighted by atomic mass is 16.5. The van der Waals surface area contributed by atoms with E-state index in [1.54, 1.807) is 12.1 Å². The van der Waals surface area contributed by atoms with E-state index in [4.69, 9.17) is 10.5 Å². The number of aryl methyl sites for hydroxylation is 1. The topological polar surface area (TPSA) is 77.2 Å². The molecule has 0 saturated heterocycles. The lowest BCUT2D eigenvalue weighted by molar-refractivity contribution is 0.0997. The molecule has 1 aromatic carbocycles. The van der Waals surface area contributed by atoms with Crippen molar-refractivity contribution in [3.05, 3.63) is 53.2 Å². The van der Waals surface area contributed by atoms with E-state index in [-0.39, 0.29) is 11.4 Å². The molecular weight excluding hydrogens is 254 g/mol. The molecule has 0 spiro atoms. The van der Waals surface area contributed by atoms with Crippen LogP contribution in [-0.2, 0) is 6.54 Å². The molecule has 1 amide bonds. The number of hydrogen-bond donors (Lipinski definition) is 2. The second kappa shape index (κ2) is 6.16. The number of primary amides is 1. The van der Waals surface area contributed by atoms with Gasteiger partial charge in [-0.25, -0.2) is 4.98 Å². The third-order valence-electron chi connectivity index (χ3n) is 2.78. The maximum Gasteiger partial charge on any atom is 0.254 e. The van der Waals surface area contributed by atoms with Gasteiger partial charge in [0, 0.05) is 12.2 Å². The Morgan fingerprint density at radius 2 is 1.95 bits per heavy atom. The van der Waals surface area contributed by atoms with Crippen molar-refractivity contribution < 1.29 is 9.53 Å². The van der Waals surface area contributed by atoms with Crippen molar-refractivity contribution in [3.8, 4) is 11.6 Å². The number of nitrogens with two attached hydrogens (primary N) is 1. The first kappa shape index (κ1) is 14.0. The molecular formula is C15H17N3O2. The Kier molecular flexibility index (Phi) is 4.32. The van der Waals surface area contributed by atoms with Gasteiger partial charge in [0.2, 0.25) is 5.88 Å². The largest absolute Gasteiger partial charge is 0.438 e. The van der Waals surface area contributed by atoms with E-state index in [1.165, 1.54) is 0 Å². The van der Waals surface area contributed by atoms with E-state index >= 15 is 0 Å². The minimum Gasteiger partial charge on any atom is -0.438 e. The van der Waals surface area contributed by atoms with Gasteiger partial charge in [0.15, 0.2) is 0 Å². The van der Waals surface area contributed by atoms with Gasteiger partial charge in [-0.15, -0.1) is 0 Å². The van der Waals surface area contributed by atoms with E-state index in [9.17, 15) is 4.79 Å². The van der Waals surface area contributed by atoms with Crippen molar-refractivity contribution >= 4 is 5.91 Å². The fraction of sp³-hybridized carbons (Fsp3) is 0.200. The summed E-state index contributed by atoms with van der Waals surface area (Å²) in [6.45, 7) is 2.61. The number of carbonyl (C=O) groups is 1. The van der Waals surface area contributed by atoms with Gasteiger partial charge in [0.1, 0.15) is 11.3 Å². The summed E-state index contributed by atoms with van der Waals surface area (Å²) in [5.41, 5.74) is 7.49. The molecule has 5 nitrogen and oxygen atoms in total. The zero-order valence-corrected chi connectivity index (χ0v) is 11.5. The molecule has 2 aromatic rings. The highest BCUT2D eigenvalue weighted by Gasteiger charge is 2.12. The summed E-state index contributed by atoms with van der Waals surface area (Å²) >= 11 is 0. The van der Waals surface area contributed by atoms with Gasteiger partial charge >= 0.3 is 0 Å². The zero-order chi connectivity index (χ0) is 14.5. The second-order valence-electron chi connectivity index (χ2n) is 4.45. The van der Waals surface area contributed by atoms with Crippen LogP contribution in [0.2, 0.25) is 0 Å². The van der Waals surface area contributed by atoms with E-state index in [2.05, 4.69) is 10.3 Å². The Morgan fingerprint density at radius 3 is 2.55 bits per heavy atom. The number of benzene rings is 1. The Labute approximate surface area is 117 Å².